The van der Waals surface area contributed by atoms with Gasteiger partial charge in [-0.25, -0.2) is 0 Å². The second-order valence-corrected chi connectivity index (χ2v) is 6.34. The number of hydrogen-bond acceptors (Lipinski definition) is 7. The van der Waals surface area contributed by atoms with Crippen molar-refractivity contribution in [2.24, 2.45) is 0 Å². The van der Waals surface area contributed by atoms with E-state index in [0.29, 0.717) is 50.3 Å². The Kier molecular flexibility index (Phi) is 5.14. The number of nitro benzene ring substituents is 1. The van der Waals surface area contributed by atoms with E-state index >= 15 is 0 Å². The summed E-state index contributed by atoms with van der Waals surface area (Å²) < 4.78 is 0. The number of carbonyl (C=O) groups excluding carboxylic acids is 2. The van der Waals surface area contributed by atoms with Crippen LogP contribution in [0, 0.1) is 21.4 Å². The Labute approximate surface area is 150 Å². The fourth-order valence-corrected chi connectivity index (χ4v) is 3.33. The van der Waals surface area contributed by atoms with Gasteiger partial charge in [0, 0.05) is 64.2 Å². The summed E-state index contributed by atoms with van der Waals surface area (Å²) >= 11 is 0. The fourth-order valence-electron chi connectivity index (χ4n) is 3.33. The Bertz CT molecular complexity index is 764. The highest BCUT2D eigenvalue weighted by atomic mass is 16.6. The van der Waals surface area contributed by atoms with Crippen LogP contribution in [0.25, 0.3) is 0 Å². The lowest BCUT2D eigenvalue weighted by Gasteiger charge is -2.36. The fraction of sp³-hybridized carbons (Fsp3) is 0.471. The van der Waals surface area contributed by atoms with Crippen molar-refractivity contribution in [2.75, 3.05) is 44.2 Å². The molecule has 1 aromatic carbocycles. The molecule has 2 fully saturated rings. The number of likely N-dealkylation sites (tertiary alicyclic amines) is 1. The molecule has 0 spiro atoms. The first kappa shape index (κ1) is 17.8. The second-order valence-electron chi connectivity index (χ2n) is 6.34. The number of nitro groups is 1. The standard InChI is InChI=1S/C17H19N5O4/c18-12-13-11-14(22(25)26)1-2-15(13)20-8-5-19(6-9-20)7-10-21-16(23)3-4-17(21)24/h1-2,11H,3-10H2. The number of benzene rings is 1. The van der Waals surface area contributed by atoms with Crippen LogP contribution < -0.4 is 4.90 Å². The van der Waals surface area contributed by atoms with E-state index in [1.54, 1.807) is 6.07 Å². The molecule has 0 radical (unpaired) electrons. The number of nitrogens with zero attached hydrogens (tertiary/aromatic N) is 5. The number of piperazine rings is 1. The number of carbonyl (C=O) groups is 2. The number of amides is 2. The molecule has 1 aromatic rings. The molecule has 0 atom stereocenters. The minimum absolute atomic E-state index is 0.0936. The maximum atomic E-state index is 11.6. The monoisotopic (exact) mass is 357 g/mol. The van der Waals surface area contributed by atoms with Crippen LogP contribution in [-0.4, -0.2) is 65.8 Å². The molecule has 136 valence electrons. The average molecular weight is 357 g/mol. The molecule has 0 N–H and O–H groups in total. The predicted molar refractivity (Wildman–Crippen MR) is 92.4 cm³/mol. The van der Waals surface area contributed by atoms with Gasteiger partial charge in [-0.2, -0.15) is 5.26 Å². The SMILES string of the molecule is N#Cc1cc([N+](=O)[O-])ccc1N1CCN(CCN2C(=O)CCC2=O)CC1. The average Bonchev–Trinajstić information content (AvgIpc) is 2.97. The Hall–Kier alpha value is -2.99. The minimum atomic E-state index is -0.510. The summed E-state index contributed by atoms with van der Waals surface area (Å²) in [6.45, 7) is 3.87. The van der Waals surface area contributed by atoms with Crippen LogP contribution >= 0.6 is 0 Å². The van der Waals surface area contributed by atoms with Gasteiger partial charge in [0.15, 0.2) is 0 Å². The van der Waals surface area contributed by atoms with Gasteiger partial charge in [-0.05, 0) is 6.07 Å². The van der Waals surface area contributed by atoms with Crippen LogP contribution in [0.4, 0.5) is 11.4 Å². The van der Waals surface area contributed by atoms with Crippen molar-refractivity contribution in [2.45, 2.75) is 12.8 Å². The molecule has 2 amide bonds. The molecule has 3 rings (SSSR count). The highest BCUT2D eigenvalue weighted by molar-refractivity contribution is 6.01. The third-order valence-corrected chi connectivity index (χ3v) is 4.82. The Morgan fingerprint density at radius 2 is 1.73 bits per heavy atom. The Morgan fingerprint density at radius 1 is 1.08 bits per heavy atom. The van der Waals surface area contributed by atoms with E-state index in [0.717, 1.165) is 13.1 Å². The van der Waals surface area contributed by atoms with Gasteiger partial charge in [0.25, 0.3) is 5.69 Å². The van der Waals surface area contributed by atoms with E-state index in [-0.39, 0.29) is 17.5 Å². The zero-order valence-corrected chi connectivity index (χ0v) is 14.3. The van der Waals surface area contributed by atoms with Crippen LogP contribution in [0.2, 0.25) is 0 Å². The highest BCUT2D eigenvalue weighted by Gasteiger charge is 2.29. The first-order valence-corrected chi connectivity index (χ1v) is 8.48. The Morgan fingerprint density at radius 3 is 2.31 bits per heavy atom. The van der Waals surface area contributed by atoms with Gasteiger partial charge in [0.1, 0.15) is 6.07 Å². The number of nitriles is 1. The molecule has 9 nitrogen and oxygen atoms in total. The summed E-state index contributed by atoms with van der Waals surface area (Å²) in [7, 11) is 0. The van der Waals surface area contributed by atoms with E-state index in [2.05, 4.69) is 4.90 Å². The predicted octanol–water partition coefficient (Wildman–Crippen LogP) is 0.737. The van der Waals surface area contributed by atoms with Crippen molar-refractivity contribution < 1.29 is 14.5 Å². The highest BCUT2D eigenvalue weighted by Crippen LogP contribution is 2.26. The lowest BCUT2D eigenvalue weighted by Crippen LogP contribution is -2.49. The summed E-state index contributed by atoms with van der Waals surface area (Å²) in [5.41, 5.74) is 0.896. The van der Waals surface area contributed by atoms with Gasteiger partial charge in [0.2, 0.25) is 11.8 Å². The van der Waals surface area contributed by atoms with E-state index in [1.807, 2.05) is 11.0 Å². The van der Waals surface area contributed by atoms with Gasteiger partial charge in [0.05, 0.1) is 16.2 Å². The number of imide groups is 1. The van der Waals surface area contributed by atoms with Gasteiger partial charge in [-0.15, -0.1) is 0 Å². The molecule has 2 heterocycles. The summed E-state index contributed by atoms with van der Waals surface area (Å²) in [6.07, 6.45) is 0.618. The lowest BCUT2D eigenvalue weighted by atomic mass is 10.1. The third kappa shape index (κ3) is 3.65. The summed E-state index contributed by atoms with van der Waals surface area (Å²) in [5.74, 6) is -0.198. The van der Waals surface area contributed by atoms with Crippen LogP contribution in [0.5, 0.6) is 0 Å². The first-order valence-electron chi connectivity index (χ1n) is 8.48. The molecule has 0 bridgehead atoms. The van der Waals surface area contributed by atoms with E-state index in [9.17, 15) is 25.0 Å². The van der Waals surface area contributed by atoms with Crippen LogP contribution in [0.1, 0.15) is 18.4 Å². The largest absolute Gasteiger partial charge is 0.368 e. The van der Waals surface area contributed by atoms with Crippen molar-refractivity contribution in [3.63, 3.8) is 0 Å². The van der Waals surface area contributed by atoms with E-state index in [4.69, 9.17) is 0 Å². The normalized spacial score (nSPS) is 18.3. The molecular formula is C17H19N5O4. The zero-order valence-electron chi connectivity index (χ0n) is 14.3. The molecule has 0 saturated carbocycles. The lowest BCUT2D eigenvalue weighted by molar-refractivity contribution is -0.384. The number of hydrogen-bond donors (Lipinski definition) is 0. The third-order valence-electron chi connectivity index (χ3n) is 4.82. The number of non-ortho nitro benzene ring substituents is 1. The van der Waals surface area contributed by atoms with Gasteiger partial charge < -0.3 is 4.90 Å². The van der Waals surface area contributed by atoms with Crippen molar-refractivity contribution >= 4 is 23.2 Å². The maximum absolute atomic E-state index is 11.6. The van der Waals surface area contributed by atoms with Crippen molar-refractivity contribution in [3.8, 4) is 6.07 Å². The second kappa shape index (κ2) is 7.49. The van der Waals surface area contributed by atoms with E-state index < -0.39 is 4.92 Å². The number of rotatable bonds is 5. The molecule has 9 heteroatoms. The van der Waals surface area contributed by atoms with Crippen molar-refractivity contribution in [1.82, 2.24) is 9.80 Å². The minimum Gasteiger partial charge on any atom is -0.368 e. The molecular weight excluding hydrogens is 338 g/mol. The maximum Gasteiger partial charge on any atom is 0.270 e. The van der Waals surface area contributed by atoms with Crippen molar-refractivity contribution in [3.05, 3.63) is 33.9 Å². The molecule has 2 saturated heterocycles. The van der Waals surface area contributed by atoms with Gasteiger partial charge in [-0.1, -0.05) is 0 Å². The van der Waals surface area contributed by atoms with Gasteiger partial charge >= 0.3 is 0 Å². The van der Waals surface area contributed by atoms with Crippen molar-refractivity contribution in [1.29, 1.82) is 5.26 Å². The molecule has 26 heavy (non-hydrogen) atoms. The van der Waals surface area contributed by atoms with Crippen LogP contribution in [0.15, 0.2) is 18.2 Å². The van der Waals surface area contributed by atoms with E-state index in [1.165, 1.54) is 17.0 Å². The summed E-state index contributed by atoms with van der Waals surface area (Å²) in [5, 5.41) is 20.1. The molecule has 0 aromatic heterocycles. The number of anilines is 1. The topological polar surface area (TPSA) is 111 Å². The Balaban J connectivity index is 1.57. The van der Waals surface area contributed by atoms with Crippen LogP contribution in [0.3, 0.4) is 0 Å². The van der Waals surface area contributed by atoms with Gasteiger partial charge in [-0.3, -0.25) is 29.5 Å². The quantitative estimate of drug-likeness (QED) is 0.434. The smallest absolute Gasteiger partial charge is 0.270 e. The van der Waals surface area contributed by atoms with Crippen LogP contribution in [-0.2, 0) is 9.59 Å². The molecule has 2 aliphatic heterocycles. The summed E-state index contributed by atoms with van der Waals surface area (Å²) in [6, 6.07) is 6.36. The molecule has 2 aliphatic rings. The molecule has 0 unspecified atom stereocenters. The first-order chi connectivity index (χ1) is 12.5. The zero-order chi connectivity index (χ0) is 18.7. The molecule has 0 aliphatic carbocycles. The summed E-state index contributed by atoms with van der Waals surface area (Å²) in [4.78, 5) is 39.2.